The number of hydrogen-bond acceptors (Lipinski definition) is 4. The van der Waals surface area contributed by atoms with Crippen molar-refractivity contribution in [1.29, 1.82) is 0 Å². The monoisotopic (exact) mass is 488 g/mol. The van der Waals surface area contributed by atoms with Gasteiger partial charge in [-0.1, -0.05) is 61.9 Å². The van der Waals surface area contributed by atoms with Crippen LogP contribution in [0.4, 0.5) is 5.69 Å². The van der Waals surface area contributed by atoms with E-state index in [0.717, 1.165) is 19.7 Å². The Bertz CT molecular complexity index is 1050. The topological polar surface area (TPSA) is 90.0 Å². The Balaban J connectivity index is 2.39. The molecule has 0 aromatic heterocycles. The van der Waals surface area contributed by atoms with Crippen molar-refractivity contribution in [2.24, 2.45) is 5.92 Å². The van der Waals surface area contributed by atoms with Crippen LogP contribution < -0.4 is 9.62 Å². The Morgan fingerprint density at radius 1 is 0.941 bits per heavy atom. The van der Waals surface area contributed by atoms with Crippen LogP contribution in [0.25, 0.3) is 0 Å². The van der Waals surface area contributed by atoms with E-state index >= 15 is 0 Å². The van der Waals surface area contributed by atoms with Crippen LogP contribution in [0, 0.1) is 12.8 Å². The minimum absolute atomic E-state index is 0.181. The maximum atomic E-state index is 13.6. The van der Waals surface area contributed by atoms with Crippen molar-refractivity contribution < 1.29 is 18.0 Å². The van der Waals surface area contributed by atoms with Crippen molar-refractivity contribution >= 4 is 27.7 Å². The van der Waals surface area contributed by atoms with Crippen LogP contribution in [-0.2, 0) is 26.3 Å². The smallest absolute Gasteiger partial charge is 0.304 e. The number of nitrogens with one attached hydrogen (secondary N) is 1. The van der Waals surface area contributed by atoms with Crippen LogP contribution in [0.15, 0.2) is 54.6 Å². The third kappa shape index (κ3) is 7.30. The molecule has 0 unspecified atom stereocenters. The van der Waals surface area contributed by atoms with Gasteiger partial charge in [-0.3, -0.25) is 9.59 Å². The highest BCUT2D eigenvalue weighted by Crippen LogP contribution is 2.20. The van der Waals surface area contributed by atoms with Gasteiger partial charge in [0.25, 0.3) is 0 Å². The molecule has 186 valence electrons. The van der Waals surface area contributed by atoms with Crippen molar-refractivity contribution in [3.8, 4) is 0 Å². The number of carbonyl (C=O) groups excluding carboxylic acids is 2. The van der Waals surface area contributed by atoms with Gasteiger partial charge in [-0.25, -0.2) is 4.31 Å². The van der Waals surface area contributed by atoms with Gasteiger partial charge >= 0.3 is 10.2 Å². The molecule has 0 heterocycles. The molecule has 1 N–H and O–H groups in total. The van der Waals surface area contributed by atoms with E-state index in [4.69, 9.17) is 0 Å². The first-order valence-corrected chi connectivity index (χ1v) is 12.7. The summed E-state index contributed by atoms with van der Waals surface area (Å²) in [5, 5.41) is 2.87. The van der Waals surface area contributed by atoms with Gasteiger partial charge in [-0.15, -0.1) is 0 Å². The molecule has 0 spiro atoms. The molecule has 1 atom stereocenters. The summed E-state index contributed by atoms with van der Waals surface area (Å²) >= 11 is 0. The highest BCUT2D eigenvalue weighted by atomic mass is 32.2. The number of hydrogen-bond donors (Lipinski definition) is 1. The van der Waals surface area contributed by atoms with E-state index in [-0.39, 0.29) is 18.4 Å². The van der Waals surface area contributed by atoms with E-state index in [1.54, 1.807) is 37.3 Å². The van der Waals surface area contributed by atoms with Gasteiger partial charge in [-0.05, 0) is 37.5 Å². The van der Waals surface area contributed by atoms with E-state index in [1.165, 1.54) is 19.0 Å². The molecule has 0 bridgehead atoms. The number of benzene rings is 2. The molecule has 0 aliphatic rings. The highest BCUT2D eigenvalue weighted by Gasteiger charge is 2.32. The maximum Gasteiger partial charge on any atom is 0.304 e. The summed E-state index contributed by atoms with van der Waals surface area (Å²) in [6.07, 6.45) is 0. The summed E-state index contributed by atoms with van der Waals surface area (Å²) in [5.41, 5.74) is 2.30. The van der Waals surface area contributed by atoms with E-state index in [9.17, 15) is 18.0 Å². The highest BCUT2D eigenvalue weighted by molar-refractivity contribution is 7.90. The van der Waals surface area contributed by atoms with Crippen LogP contribution in [0.2, 0.25) is 0 Å². The van der Waals surface area contributed by atoms with Crippen LogP contribution in [0.3, 0.4) is 0 Å². The second-order valence-electron chi connectivity index (χ2n) is 8.95. The lowest BCUT2D eigenvalue weighted by molar-refractivity contribution is -0.139. The van der Waals surface area contributed by atoms with Crippen molar-refractivity contribution in [2.75, 3.05) is 31.5 Å². The van der Waals surface area contributed by atoms with Crippen molar-refractivity contribution in [3.63, 3.8) is 0 Å². The molecule has 2 aromatic carbocycles. The third-order valence-corrected chi connectivity index (χ3v) is 7.21. The van der Waals surface area contributed by atoms with Crippen LogP contribution >= 0.6 is 0 Å². The molecule has 0 fully saturated rings. The molecule has 0 aliphatic heterocycles. The van der Waals surface area contributed by atoms with Gasteiger partial charge in [-0.2, -0.15) is 12.7 Å². The molecular formula is C25H36N4O4S. The van der Waals surface area contributed by atoms with Gasteiger partial charge in [0.05, 0.1) is 5.69 Å². The van der Waals surface area contributed by atoms with Gasteiger partial charge in [0.15, 0.2) is 0 Å². The van der Waals surface area contributed by atoms with Crippen LogP contribution in [0.5, 0.6) is 0 Å². The minimum atomic E-state index is -3.95. The van der Waals surface area contributed by atoms with Crippen LogP contribution in [0.1, 0.15) is 31.9 Å². The van der Waals surface area contributed by atoms with Gasteiger partial charge in [0, 0.05) is 27.2 Å². The number of rotatable bonds is 11. The van der Waals surface area contributed by atoms with Gasteiger partial charge in [0.2, 0.25) is 11.8 Å². The second kappa shape index (κ2) is 12.0. The summed E-state index contributed by atoms with van der Waals surface area (Å²) in [7, 11) is -1.11. The number of para-hydroxylation sites is 1. The summed E-state index contributed by atoms with van der Waals surface area (Å²) in [6.45, 7) is 7.85. The zero-order valence-corrected chi connectivity index (χ0v) is 21.7. The second-order valence-corrected chi connectivity index (χ2v) is 11.0. The average molecular weight is 489 g/mol. The Hall–Kier alpha value is -2.91. The average Bonchev–Trinajstić information content (AvgIpc) is 2.80. The third-order valence-electron chi connectivity index (χ3n) is 5.39. The lowest BCUT2D eigenvalue weighted by Crippen LogP contribution is -2.52. The summed E-state index contributed by atoms with van der Waals surface area (Å²) in [4.78, 5) is 27.9. The molecule has 2 aromatic rings. The molecule has 34 heavy (non-hydrogen) atoms. The zero-order chi connectivity index (χ0) is 25.5. The summed E-state index contributed by atoms with van der Waals surface area (Å²) in [6, 6.07) is 15.4. The molecule has 0 aliphatic carbocycles. The van der Waals surface area contributed by atoms with Crippen molar-refractivity contribution in [2.45, 2.75) is 40.3 Å². The molecule has 9 heteroatoms. The normalized spacial score (nSPS) is 12.5. The summed E-state index contributed by atoms with van der Waals surface area (Å²) in [5.74, 6) is -0.492. The van der Waals surface area contributed by atoms with Gasteiger partial charge in [0.1, 0.15) is 12.6 Å². The first-order valence-electron chi connectivity index (χ1n) is 11.3. The molecule has 0 saturated carbocycles. The quantitative estimate of drug-likeness (QED) is 0.527. The minimum Gasteiger partial charge on any atom is -0.354 e. The van der Waals surface area contributed by atoms with E-state index < -0.39 is 28.7 Å². The lowest BCUT2D eigenvalue weighted by atomic mass is 10.1. The molecular weight excluding hydrogens is 452 g/mol. The van der Waals surface area contributed by atoms with E-state index in [1.807, 2.05) is 45.0 Å². The molecule has 0 saturated heterocycles. The van der Waals surface area contributed by atoms with Crippen molar-refractivity contribution in [3.05, 3.63) is 65.7 Å². The molecule has 0 radical (unpaired) electrons. The van der Waals surface area contributed by atoms with Crippen molar-refractivity contribution in [1.82, 2.24) is 14.5 Å². The summed E-state index contributed by atoms with van der Waals surface area (Å²) < 4.78 is 28.3. The maximum absolute atomic E-state index is 13.6. The molecule has 8 nitrogen and oxygen atoms in total. The standard InChI is InChI=1S/C25H36N4O4S/c1-19(2)16-26-25(31)21(4)28(17-22-14-12-20(3)13-15-22)24(30)18-29(34(32,33)27(5)6)23-10-8-7-9-11-23/h7-15,19,21H,16-18H2,1-6H3,(H,26,31)/t21-/m1/s1. The fourth-order valence-electron chi connectivity index (χ4n) is 3.24. The Morgan fingerprint density at radius 2 is 1.53 bits per heavy atom. The number of nitrogens with zero attached hydrogens (tertiary/aromatic N) is 3. The van der Waals surface area contributed by atoms with E-state index in [2.05, 4.69) is 5.32 Å². The lowest BCUT2D eigenvalue weighted by Gasteiger charge is -2.33. The Labute approximate surface area is 203 Å². The van der Waals surface area contributed by atoms with Crippen LogP contribution in [-0.4, -0.2) is 62.7 Å². The first kappa shape index (κ1) is 27.3. The molecule has 2 rings (SSSR count). The Morgan fingerprint density at radius 3 is 2.06 bits per heavy atom. The first-order chi connectivity index (χ1) is 15.9. The number of amides is 2. The number of carbonyl (C=O) groups is 2. The fourth-order valence-corrected chi connectivity index (χ4v) is 4.29. The molecule has 2 amide bonds. The predicted octanol–water partition coefficient (Wildman–Crippen LogP) is 2.80. The van der Waals surface area contributed by atoms with Gasteiger partial charge < -0.3 is 10.2 Å². The number of anilines is 1. The Kier molecular flexibility index (Phi) is 9.64. The largest absolute Gasteiger partial charge is 0.354 e. The zero-order valence-electron chi connectivity index (χ0n) is 20.9. The predicted molar refractivity (Wildman–Crippen MR) is 135 cm³/mol. The van der Waals surface area contributed by atoms with E-state index in [0.29, 0.717) is 12.2 Å². The number of aryl methyl sites for hydroxylation is 1. The SMILES string of the molecule is Cc1ccc(CN(C(=O)CN(c2ccccc2)S(=O)(=O)N(C)C)[C@H](C)C(=O)NCC(C)C)cc1. The fraction of sp³-hybridized carbons (Fsp3) is 0.440.